The minimum Gasteiger partial charge on any atom is -0.372 e. The van der Waals surface area contributed by atoms with Crippen LogP contribution in [-0.4, -0.2) is 46.9 Å². The summed E-state index contributed by atoms with van der Waals surface area (Å²) in [4.78, 5) is 14.5. The van der Waals surface area contributed by atoms with E-state index in [4.69, 9.17) is 9.84 Å². The van der Waals surface area contributed by atoms with Crippen molar-refractivity contribution in [2.45, 2.75) is 32.3 Å². The smallest absolute Gasteiger partial charge is 0.251 e. The highest BCUT2D eigenvalue weighted by atomic mass is 16.5. The minimum atomic E-state index is -0.335. The van der Waals surface area contributed by atoms with Gasteiger partial charge in [-0.3, -0.25) is 9.48 Å². The molecule has 1 amide bonds. The maximum atomic E-state index is 12.6. The Morgan fingerprint density at radius 2 is 1.96 bits per heavy atom. The third kappa shape index (κ3) is 3.08. The van der Waals surface area contributed by atoms with E-state index < -0.39 is 0 Å². The van der Waals surface area contributed by atoms with Crippen LogP contribution in [-0.2, 0) is 29.4 Å². The van der Waals surface area contributed by atoms with Crippen LogP contribution in [0.2, 0.25) is 0 Å². The molecule has 0 aliphatic carbocycles. The molecular formula is C19H25N3O2. The number of hydrogen-bond donors (Lipinski definition) is 0. The van der Waals surface area contributed by atoms with Crippen molar-refractivity contribution in [3.8, 4) is 11.3 Å². The highest BCUT2D eigenvalue weighted by Gasteiger charge is 2.27. The molecule has 1 unspecified atom stereocenters. The molecule has 0 saturated heterocycles. The second-order valence-electron chi connectivity index (χ2n) is 6.22. The van der Waals surface area contributed by atoms with E-state index in [1.807, 2.05) is 41.8 Å². The summed E-state index contributed by atoms with van der Waals surface area (Å²) in [5.74, 6) is 0.0991. The van der Waals surface area contributed by atoms with Gasteiger partial charge < -0.3 is 9.64 Å². The van der Waals surface area contributed by atoms with Gasteiger partial charge in [0.25, 0.3) is 5.91 Å². The summed E-state index contributed by atoms with van der Waals surface area (Å²) in [6.07, 6.45) is 2.03. The zero-order valence-corrected chi connectivity index (χ0v) is 14.7. The number of rotatable bonds is 4. The van der Waals surface area contributed by atoms with Crippen molar-refractivity contribution in [2.24, 2.45) is 7.05 Å². The van der Waals surface area contributed by atoms with E-state index in [9.17, 15) is 4.79 Å². The normalized spacial score (nSPS) is 15.7. The maximum absolute atomic E-state index is 12.6. The van der Waals surface area contributed by atoms with Crippen LogP contribution in [0.25, 0.3) is 11.3 Å². The van der Waals surface area contributed by atoms with E-state index in [1.165, 1.54) is 11.3 Å². The number of fused-ring (bicyclic) bond motifs is 1. The van der Waals surface area contributed by atoms with Gasteiger partial charge in [0.05, 0.1) is 5.69 Å². The van der Waals surface area contributed by atoms with E-state index in [0.717, 1.165) is 37.2 Å². The molecule has 3 rings (SSSR count). The lowest BCUT2D eigenvalue weighted by Crippen LogP contribution is -2.41. The number of aromatic nitrogens is 2. The van der Waals surface area contributed by atoms with Gasteiger partial charge >= 0.3 is 0 Å². The molecule has 2 aromatic rings. The molecule has 1 atom stereocenters. The lowest BCUT2D eigenvalue weighted by Gasteiger charge is -2.24. The zero-order chi connectivity index (χ0) is 17.1. The second-order valence-corrected chi connectivity index (χ2v) is 6.22. The Labute approximate surface area is 143 Å². The third-order valence-corrected chi connectivity index (χ3v) is 4.81. The number of hydrogen-bond acceptors (Lipinski definition) is 3. The molecule has 5 heteroatoms. The van der Waals surface area contributed by atoms with Crippen molar-refractivity contribution < 1.29 is 9.53 Å². The van der Waals surface area contributed by atoms with Gasteiger partial charge in [0.1, 0.15) is 6.10 Å². The van der Waals surface area contributed by atoms with Gasteiger partial charge in [0.15, 0.2) is 0 Å². The Hall–Kier alpha value is -2.14. The fraction of sp³-hybridized carbons (Fsp3) is 0.474. The summed E-state index contributed by atoms with van der Waals surface area (Å²) in [6.45, 7) is 3.42. The maximum Gasteiger partial charge on any atom is 0.251 e. The highest BCUT2D eigenvalue weighted by molar-refractivity contribution is 5.81. The van der Waals surface area contributed by atoms with Gasteiger partial charge in [-0.2, -0.15) is 5.10 Å². The predicted octanol–water partition coefficient (Wildman–Crippen LogP) is 2.44. The van der Waals surface area contributed by atoms with E-state index in [-0.39, 0.29) is 12.0 Å². The number of carbonyl (C=O) groups is 1. The molecule has 1 aliphatic heterocycles. The van der Waals surface area contributed by atoms with Crippen molar-refractivity contribution in [1.82, 2.24) is 14.7 Å². The molecule has 5 nitrogen and oxygen atoms in total. The molecule has 24 heavy (non-hydrogen) atoms. The average molecular weight is 327 g/mol. The molecule has 1 aromatic carbocycles. The first-order valence-corrected chi connectivity index (χ1v) is 8.57. The van der Waals surface area contributed by atoms with Crippen LogP contribution in [0, 0.1) is 0 Å². The van der Waals surface area contributed by atoms with Crippen LogP contribution in [0.5, 0.6) is 0 Å². The number of benzene rings is 1. The Kier molecular flexibility index (Phi) is 5.00. The summed E-state index contributed by atoms with van der Waals surface area (Å²) < 4.78 is 7.29. The highest BCUT2D eigenvalue weighted by Crippen LogP contribution is 2.28. The zero-order valence-electron chi connectivity index (χ0n) is 14.7. The number of carbonyl (C=O) groups excluding carboxylic acids is 1. The fourth-order valence-electron chi connectivity index (χ4n) is 3.47. The summed E-state index contributed by atoms with van der Waals surface area (Å²) in [5, 5.41) is 4.73. The number of nitrogens with zero attached hydrogens (tertiary/aromatic N) is 3. The number of amides is 1. The van der Waals surface area contributed by atoms with Crippen molar-refractivity contribution in [3.05, 3.63) is 41.6 Å². The van der Waals surface area contributed by atoms with Crippen LogP contribution in [0.4, 0.5) is 0 Å². The molecule has 2 heterocycles. The number of ether oxygens (including phenoxy) is 1. The Morgan fingerprint density at radius 3 is 2.62 bits per heavy atom. The number of aryl methyl sites for hydroxylation is 1. The molecule has 1 aliphatic rings. The first-order chi connectivity index (χ1) is 11.7. The molecule has 0 spiro atoms. The van der Waals surface area contributed by atoms with E-state index in [0.29, 0.717) is 6.42 Å². The first-order valence-electron chi connectivity index (χ1n) is 8.57. The largest absolute Gasteiger partial charge is 0.372 e. The van der Waals surface area contributed by atoms with Crippen LogP contribution < -0.4 is 0 Å². The quantitative estimate of drug-likeness (QED) is 0.866. The Morgan fingerprint density at radius 1 is 1.25 bits per heavy atom. The standard InChI is InChI=1S/C19H25N3O2/c1-4-17(24-3)19(23)22-12-10-15-16(11-13-22)21(2)20-18(15)14-8-6-5-7-9-14/h5-9,17H,4,10-13H2,1-3H3. The lowest BCUT2D eigenvalue weighted by atomic mass is 10.0. The third-order valence-electron chi connectivity index (χ3n) is 4.81. The van der Waals surface area contributed by atoms with Crippen LogP contribution in [0.1, 0.15) is 24.6 Å². The molecule has 128 valence electrons. The van der Waals surface area contributed by atoms with Crippen molar-refractivity contribution in [1.29, 1.82) is 0 Å². The molecule has 0 N–H and O–H groups in total. The van der Waals surface area contributed by atoms with E-state index in [2.05, 4.69) is 12.1 Å². The van der Waals surface area contributed by atoms with Gasteiger partial charge in [0.2, 0.25) is 0 Å². The van der Waals surface area contributed by atoms with Crippen molar-refractivity contribution in [3.63, 3.8) is 0 Å². The summed E-state index contributed by atoms with van der Waals surface area (Å²) in [5.41, 5.74) is 4.68. The number of methoxy groups -OCH3 is 1. The van der Waals surface area contributed by atoms with Crippen molar-refractivity contribution >= 4 is 5.91 Å². The molecule has 0 saturated carbocycles. The summed E-state index contributed by atoms with van der Waals surface area (Å²) in [7, 11) is 3.60. The average Bonchev–Trinajstić information content (AvgIpc) is 2.79. The molecule has 0 radical (unpaired) electrons. The molecule has 0 fully saturated rings. The monoisotopic (exact) mass is 327 g/mol. The van der Waals surface area contributed by atoms with Gasteiger partial charge in [-0.1, -0.05) is 37.3 Å². The molecule has 0 bridgehead atoms. The van der Waals surface area contributed by atoms with E-state index in [1.54, 1.807) is 7.11 Å². The first kappa shape index (κ1) is 16.7. The Bertz CT molecular complexity index is 705. The van der Waals surface area contributed by atoms with E-state index >= 15 is 0 Å². The van der Waals surface area contributed by atoms with Crippen LogP contribution >= 0.6 is 0 Å². The van der Waals surface area contributed by atoms with Crippen LogP contribution in [0.3, 0.4) is 0 Å². The fourth-order valence-corrected chi connectivity index (χ4v) is 3.47. The topological polar surface area (TPSA) is 47.4 Å². The SMILES string of the molecule is CCC(OC)C(=O)N1CCc2c(-c3ccccc3)nn(C)c2CC1. The lowest BCUT2D eigenvalue weighted by molar-refractivity contribution is -0.142. The Balaban J connectivity index is 1.85. The summed E-state index contributed by atoms with van der Waals surface area (Å²) >= 11 is 0. The van der Waals surface area contributed by atoms with Crippen LogP contribution in [0.15, 0.2) is 30.3 Å². The van der Waals surface area contributed by atoms with Gasteiger partial charge in [-0.25, -0.2) is 0 Å². The molecular weight excluding hydrogens is 302 g/mol. The minimum absolute atomic E-state index is 0.0991. The second kappa shape index (κ2) is 7.18. The van der Waals surface area contributed by atoms with Gasteiger partial charge in [-0.15, -0.1) is 0 Å². The van der Waals surface area contributed by atoms with Gasteiger partial charge in [0, 0.05) is 50.5 Å². The van der Waals surface area contributed by atoms with Crippen molar-refractivity contribution in [2.75, 3.05) is 20.2 Å². The van der Waals surface area contributed by atoms with Gasteiger partial charge in [-0.05, 0) is 12.8 Å². The predicted molar refractivity (Wildman–Crippen MR) is 93.7 cm³/mol. The summed E-state index contributed by atoms with van der Waals surface area (Å²) in [6, 6.07) is 10.3. The molecule has 1 aromatic heterocycles.